The van der Waals surface area contributed by atoms with Crippen LogP contribution in [0.5, 0.6) is 5.75 Å². The van der Waals surface area contributed by atoms with Crippen molar-refractivity contribution in [1.29, 1.82) is 0 Å². The number of benzene rings is 1. The largest absolute Gasteiger partial charge is 0.487 e. The minimum absolute atomic E-state index is 0.0826. The Bertz CT molecular complexity index is 574. The van der Waals surface area contributed by atoms with Crippen LogP contribution < -0.4 is 9.64 Å². The molecule has 0 saturated carbocycles. The van der Waals surface area contributed by atoms with Crippen LogP contribution in [0.15, 0.2) is 18.2 Å². The van der Waals surface area contributed by atoms with Crippen molar-refractivity contribution in [2.45, 2.75) is 20.3 Å². The van der Waals surface area contributed by atoms with Crippen LogP contribution in [0, 0.1) is 15.5 Å². The Morgan fingerprint density at radius 2 is 2.29 bits per heavy atom. The van der Waals surface area contributed by atoms with E-state index >= 15 is 0 Å². The van der Waals surface area contributed by atoms with Gasteiger partial charge in [0.1, 0.15) is 0 Å². The highest BCUT2D eigenvalue weighted by atomic mass is 16.6. The van der Waals surface area contributed by atoms with E-state index in [2.05, 4.69) is 0 Å². The molecule has 7 heteroatoms. The maximum absolute atomic E-state index is 11.3. The van der Waals surface area contributed by atoms with E-state index in [1.165, 1.54) is 6.07 Å². The van der Waals surface area contributed by atoms with Crippen molar-refractivity contribution in [3.63, 3.8) is 0 Å². The average Bonchev–Trinajstić information content (AvgIpc) is 2.83. The van der Waals surface area contributed by atoms with Crippen LogP contribution in [0.3, 0.4) is 0 Å². The number of hydrogen-bond acceptors (Lipinski definition) is 5. The second-order valence-electron chi connectivity index (χ2n) is 5.38. The smallest absolute Gasteiger partial charge is 0.311 e. The highest BCUT2D eigenvalue weighted by Crippen LogP contribution is 2.37. The molecule has 1 N–H and O–H groups in total. The van der Waals surface area contributed by atoms with Gasteiger partial charge in [-0.2, -0.15) is 0 Å². The number of nitro benzene ring substituents is 1. The van der Waals surface area contributed by atoms with Gasteiger partial charge in [0, 0.05) is 30.9 Å². The SMILES string of the molecule is CCOc1cc(N2CCC(C)(C(=O)O)C2)ccc1[N+](=O)[O-]. The van der Waals surface area contributed by atoms with Crippen molar-refractivity contribution in [1.82, 2.24) is 0 Å². The molecular formula is C14H18N2O5. The molecule has 114 valence electrons. The molecule has 0 radical (unpaired) electrons. The van der Waals surface area contributed by atoms with Crippen molar-refractivity contribution in [2.24, 2.45) is 5.41 Å². The fourth-order valence-electron chi connectivity index (χ4n) is 2.48. The molecule has 1 aliphatic rings. The summed E-state index contributed by atoms with van der Waals surface area (Å²) in [6.45, 7) is 4.78. The van der Waals surface area contributed by atoms with Gasteiger partial charge in [-0.05, 0) is 26.3 Å². The van der Waals surface area contributed by atoms with Crippen molar-refractivity contribution < 1.29 is 19.6 Å². The Kier molecular flexibility index (Phi) is 4.02. The molecule has 0 aromatic heterocycles. The van der Waals surface area contributed by atoms with Crippen molar-refractivity contribution in [3.05, 3.63) is 28.3 Å². The zero-order valence-corrected chi connectivity index (χ0v) is 12.0. The number of aliphatic carboxylic acids is 1. The summed E-state index contributed by atoms with van der Waals surface area (Å²) in [6.07, 6.45) is 0.545. The van der Waals surface area contributed by atoms with Crippen LogP contribution in [0.4, 0.5) is 11.4 Å². The highest BCUT2D eigenvalue weighted by Gasteiger charge is 2.40. The Morgan fingerprint density at radius 3 is 2.81 bits per heavy atom. The number of nitrogens with zero attached hydrogens (tertiary/aromatic N) is 2. The van der Waals surface area contributed by atoms with Gasteiger partial charge in [-0.1, -0.05) is 0 Å². The molecule has 1 aliphatic heterocycles. The van der Waals surface area contributed by atoms with Crippen LogP contribution in [-0.4, -0.2) is 35.7 Å². The first-order chi connectivity index (χ1) is 9.87. The first-order valence-electron chi connectivity index (χ1n) is 6.77. The van der Waals surface area contributed by atoms with Gasteiger partial charge in [0.25, 0.3) is 0 Å². The third-order valence-corrected chi connectivity index (χ3v) is 3.79. The number of rotatable bonds is 5. The van der Waals surface area contributed by atoms with Gasteiger partial charge >= 0.3 is 11.7 Å². The minimum atomic E-state index is -0.822. The zero-order valence-electron chi connectivity index (χ0n) is 12.0. The summed E-state index contributed by atoms with van der Waals surface area (Å²) in [5.74, 6) is -0.610. The van der Waals surface area contributed by atoms with Gasteiger partial charge in [0.15, 0.2) is 5.75 Å². The summed E-state index contributed by atoms with van der Waals surface area (Å²) in [6, 6.07) is 4.64. The van der Waals surface area contributed by atoms with Gasteiger partial charge in [0.05, 0.1) is 16.9 Å². The Morgan fingerprint density at radius 1 is 1.57 bits per heavy atom. The van der Waals surface area contributed by atoms with E-state index in [4.69, 9.17) is 4.74 Å². The molecule has 2 rings (SSSR count). The lowest BCUT2D eigenvalue weighted by atomic mass is 9.90. The number of hydrogen-bond donors (Lipinski definition) is 1. The molecule has 1 heterocycles. The van der Waals surface area contributed by atoms with E-state index in [1.807, 2.05) is 4.90 Å². The van der Waals surface area contributed by atoms with Crippen LogP contribution in [0.1, 0.15) is 20.3 Å². The van der Waals surface area contributed by atoms with Gasteiger partial charge < -0.3 is 14.7 Å². The minimum Gasteiger partial charge on any atom is -0.487 e. The fourth-order valence-corrected chi connectivity index (χ4v) is 2.48. The molecule has 0 aliphatic carbocycles. The van der Waals surface area contributed by atoms with Crippen molar-refractivity contribution in [2.75, 3.05) is 24.6 Å². The lowest BCUT2D eigenvalue weighted by molar-refractivity contribution is -0.385. The van der Waals surface area contributed by atoms with E-state index in [0.29, 0.717) is 26.1 Å². The van der Waals surface area contributed by atoms with E-state index in [-0.39, 0.29) is 11.4 Å². The van der Waals surface area contributed by atoms with Crippen LogP contribution in [-0.2, 0) is 4.79 Å². The first kappa shape index (κ1) is 15.1. The zero-order chi connectivity index (χ0) is 15.6. The molecule has 0 amide bonds. The third kappa shape index (κ3) is 2.91. The van der Waals surface area contributed by atoms with Crippen molar-refractivity contribution in [3.8, 4) is 5.75 Å². The predicted octanol–water partition coefficient (Wildman–Crippen LogP) is 2.29. The number of nitro groups is 1. The average molecular weight is 294 g/mol. The Labute approximate surface area is 122 Å². The first-order valence-corrected chi connectivity index (χ1v) is 6.77. The second-order valence-corrected chi connectivity index (χ2v) is 5.38. The normalized spacial score (nSPS) is 21.3. The maximum Gasteiger partial charge on any atom is 0.311 e. The molecule has 0 bridgehead atoms. The summed E-state index contributed by atoms with van der Waals surface area (Å²) in [5, 5.41) is 20.2. The summed E-state index contributed by atoms with van der Waals surface area (Å²) in [5.41, 5.74) is -0.122. The lowest BCUT2D eigenvalue weighted by Crippen LogP contribution is -2.31. The topological polar surface area (TPSA) is 92.9 Å². The molecule has 0 spiro atoms. The van der Waals surface area contributed by atoms with Gasteiger partial charge in [-0.25, -0.2) is 0 Å². The van der Waals surface area contributed by atoms with Crippen molar-refractivity contribution >= 4 is 17.3 Å². The van der Waals surface area contributed by atoms with Crippen LogP contribution >= 0.6 is 0 Å². The number of anilines is 1. The molecule has 1 aromatic rings. The molecule has 1 unspecified atom stereocenters. The van der Waals surface area contributed by atoms with E-state index < -0.39 is 16.3 Å². The molecule has 1 aromatic carbocycles. The van der Waals surface area contributed by atoms with E-state index in [0.717, 1.165) is 5.69 Å². The van der Waals surface area contributed by atoms with Crippen LogP contribution in [0.25, 0.3) is 0 Å². The Balaban J connectivity index is 2.28. The number of carboxylic acid groups (broad SMARTS) is 1. The highest BCUT2D eigenvalue weighted by molar-refractivity contribution is 5.76. The quantitative estimate of drug-likeness (QED) is 0.661. The van der Waals surface area contributed by atoms with Gasteiger partial charge in [-0.3, -0.25) is 14.9 Å². The summed E-state index contributed by atoms with van der Waals surface area (Å²) in [7, 11) is 0. The summed E-state index contributed by atoms with van der Waals surface area (Å²) >= 11 is 0. The third-order valence-electron chi connectivity index (χ3n) is 3.79. The number of ether oxygens (including phenoxy) is 1. The van der Waals surface area contributed by atoms with E-state index in [1.54, 1.807) is 26.0 Å². The number of carbonyl (C=O) groups is 1. The molecule has 1 atom stereocenters. The fraction of sp³-hybridized carbons (Fsp3) is 0.500. The van der Waals surface area contributed by atoms with Crippen LogP contribution in [0.2, 0.25) is 0 Å². The summed E-state index contributed by atoms with van der Waals surface area (Å²) in [4.78, 5) is 23.7. The molecule has 7 nitrogen and oxygen atoms in total. The molecule has 1 saturated heterocycles. The summed E-state index contributed by atoms with van der Waals surface area (Å²) < 4.78 is 5.31. The Hall–Kier alpha value is -2.31. The molecular weight excluding hydrogens is 276 g/mol. The predicted molar refractivity (Wildman–Crippen MR) is 76.8 cm³/mol. The van der Waals surface area contributed by atoms with Gasteiger partial charge in [0.2, 0.25) is 0 Å². The monoisotopic (exact) mass is 294 g/mol. The standard InChI is InChI=1S/C14H18N2O5/c1-3-21-12-8-10(4-5-11(12)16(19)20)15-7-6-14(2,9-15)13(17)18/h4-5,8H,3,6-7,9H2,1-2H3,(H,17,18). The second kappa shape index (κ2) is 5.59. The number of carboxylic acids is 1. The lowest BCUT2D eigenvalue weighted by Gasteiger charge is -2.22. The maximum atomic E-state index is 11.3. The molecule has 21 heavy (non-hydrogen) atoms. The van der Waals surface area contributed by atoms with E-state index in [9.17, 15) is 20.0 Å². The molecule has 1 fully saturated rings. The van der Waals surface area contributed by atoms with Gasteiger partial charge in [-0.15, -0.1) is 0 Å².